The standard InChI is InChI=1S/C7H10Cl2O4/c1-12-6(10)2-5(3-8)13-7(11)4-9/h5H,2-4H2,1H3. The van der Waals surface area contributed by atoms with E-state index in [1.807, 2.05) is 0 Å². The van der Waals surface area contributed by atoms with Crippen molar-refractivity contribution in [1.82, 2.24) is 0 Å². The van der Waals surface area contributed by atoms with E-state index in [0.29, 0.717) is 0 Å². The highest BCUT2D eigenvalue weighted by atomic mass is 35.5. The number of alkyl halides is 2. The van der Waals surface area contributed by atoms with Crippen LogP contribution in [-0.2, 0) is 19.1 Å². The summed E-state index contributed by atoms with van der Waals surface area (Å²) in [6.45, 7) is 0. The van der Waals surface area contributed by atoms with Gasteiger partial charge < -0.3 is 9.47 Å². The summed E-state index contributed by atoms with van der Waals surface area (Å²) < 4.78 is 9.09. The molecule has 0 bridgehead atoms. The maximum Gasteiger partial charge on any atom is 0.321 e. The fourth-order valence-electron chi connectivity index (χ4n) is 0.614. The van der Waals surface area contributed by atoms with E-state index in [2.05, 4.69) is 4.74 Å². The van der Waals surface area contributed by atoms with Gasteiger partial charge in [0.15, 0.2) is 0 Å². The van der Waals surface area contributed by atoms with Crippen LogP contribution in [0.1, 0.15) is 6.42 Å². The summed E-state index contributed by atoms with van der Waals surface area (Å²) in [5, 5.41) is 0. The van der Waals surface area contributed by atoms with Crippen molar-refractivity contribution in [2.75, 3.05) is 18.9 Å². The average molecular weight is 229 g/mol. The Morgan fingerprint density at radius 3 is 2.31 bits per heavy atom. The van der Waals surface area contributed by atoms with Gasteiger partial charge in [-0.3, -0.25) is 9.59 Å². The van der Waals surface area contributed by atoms with E-state index in [-0.39, 0.29) is 18.2 Å². The number of rotatable bonds is 5. The van der Waals surface area contributed by atoms with E-state index in [4.69, 9.17) is 27.9 Å². The van der Waals surface area contributed by atoms with Gasteiger partial charge in [-0.1, -0.05) is 0 Å². The molecule has 0 spiro atoms. The summed E-state index contributed by atoms with van der Waals surface area (Å²) in [5.74, 6) is -1.30. The number of ether oxygens (including phenoxy) is 2. The number of hydrogen-bond donors (Lipinski definition) is 0. The lowest BCUT2D eigenvalue weighted by atomic mass is 10.3. The van der Waals surface area contributed by atoms with Crippen LogP contribution in [0.15, 0.2) is 0 Å². The van der Waals surface area contributed by atoms with Gasteiger partial charge in [0, 0.05) is 0 Å². The predicted molar refractivity (Wildman–Crippen MR) is 48.0 cm³/mol. The molecule has 1 atom stereocenters. The molecular weight excluding hydrogens is 219 g/mol. The molecule has 0 rings (SSSR count). The number of hydrogen-bond acceptors (Lipinski definition) is 4. The number of esters is 2. The van der Waals surface area contributed by atoms with Crippen LogP contribution in [0, 0.1) is 0 Å². The van der Waals surface area contributed by atoms with Gasteiger partial charge in [0.1, 0.15) is 12.0 Å². The SMILES string of the molecule is COC(=O)CC(CCl)OC(=O)CCl. The molecule has 1 unspecified atom stereocenters. The second-order valence-electron chi connectivity index (χ2n) is 2.18. The van der Waals surface area contributed by atoms with E-state index < -0.39 is 18.0 Å². The molecule has 4 nitrogen and oxygen atoms in total. The Kier molecular flexibility index (Phi) is 6.72. The summed E-state index contributed by atoms with van der Waals surface area (Å²) in [4.78, 5) is 21.4. The molecule has 13 heavy (non-hydrogen) atoms. The molecule has 0 aromatic heterocycles. The zero-order valence-electron chi connectivity index (χ0n) is 7.09. The highest BCUT2D eigenvalue weighted by Gasteiger charge is 2.17. The molecule has 76 valence electrons. The van der Waals surface area contributed by atoms with E-state index in [1.54, 1.807) is 0 Å². The van der Waals surface area contributed by atoms with Gasteiger partial charge in [0.2, 0.25) is 0 Å². The van der Waals surface area contributed by atoms with Gasteiger partial charge in [0.05, 0.1) is 19.4 Å². The third kappa shape index (κ3) is 5.71. The lowest BCUT2D eigenvalue weighted by molar-refractivity contribution is -0.150. The van der Waals surface area contributed by atoms with E-state index in [0.717, 1.165) is 0 Å². The first-order chi connectivity index (χ1) is 6.13. The van der Waals surface area contributed by atoms with Crippen LogP contribution in [0.2, 0.25) is 0 Å². The molecule has 0 amide bonds. The van der Waals surface area contributed by atoms with Crippen LogP contribution in [0.5, 0.6) is 0 Å². The highest BCUT2D eigenvalue weighted by molar-refractivity contribution is 6.26. The predicted octanol–water partition coefficient (Wildman–Crippen LogP) is 0.939. The zero-order chi connectivity index (χ0) is 10.3. The largest absolute Gasteiger partial charge is 0.469 e. The fraction of sp³-hybridized carbons (Fsp3) is 0.714. The van der Waals surface area contributed by atoms with Crippen molar-refractivity contribution in [3.63, 3.8) is 0 Å². The highest BCUT2D eigenvalue weighted by Crippen LogP contribution is 2.03. The van der Waals surface area contributed by atoms with Crippen molar-refractivity contribution in [2.45, 2.75) is 12.5 Å². The fourth-order valence-corrected chi connectivity index (χ4v) is 0.849. The normalized spacial score (nSPS) is 11.9. The van der Waals surface area contributed by atoms with Gasteiger partial charge >= 0.3 is 11.9 Å². The number of methoxy groups -OCH3 is 1. The molecule has 0 aliphatic carbocycles. The minimum atomic E-state index is -0.666. The summed E-state index contributed by atoms with van der Waals surface area (Å²) in [7, 11) is 1.25. The Hall–Kier alpha value is -0.480. The van der Waals surface area contributed by atoms with E-state index in [9.17, 15) is 9.59 Å². The number of carbonyl (C=O) groups excluding carboxylic acids is 2. The molecule has 0 saturated heterocycles. The van der Waals surface area contributed by atoms with Gasteiger partial charge in [-0.2, -0.15) is 0 Å². The van der Waals surface area contributed by atoms with Gasteiger partial charge in [-0.15, -0.1) is 23.2 Å². The van der Waals surface area contributed by atoms with Crippen LogP contribution in [0.3, 0.4) is 0 Å². The Morgan fingerprint density at radius 1 is 1.31 bits per heavy atom. The Morgan fingerprint density at radius 2 is 1.92 bits per heavy atom. The molecule has 0 heterocycles. The van der Waals surface area contributed by atoms with Gasteiger partial charge in [-0.05, 0) is 0 Å². The van der Waals surface area contributed by atoms with E-state index >= 15 is 0 Å². The maximum absolute atomic E-state index is 10.7. The Balaban J connectivity index is 3.89. The maximum atomic E-state index is 10.7. The molecule has 0 radical (unpaired) electrons. The van der Waals surface area contributed by atoms with Crippen molar-refractivity contribution < 1.29 is 19.1 Å². The molecule has 0 aliphatic heterocycles. The van der Waals surface area contributed by atoms with Crippen molar-refractivity contribution >= 4 is 35.1 Å². The topological polar surface area (TPSA) is 52.6 Å². The van der Waals surface area contributed by atoms with Gasteiger partial charge in [0.25, 0.3) is 0 Å². The third-order valence-electron chi connectivity index (χ3n) is 1.20. The number of carbonyl (C=O) groups is 2. The van der Waals surface area contributed by atoms with Crippen LogP contribution in [-0.4, -0.2) is 36.9 Å². The molecule has 0 fully saturated rings. The molecule has 6 heteroatoms. The first-order valence-electron chi connectivity index (χ1n) is 3.52. The second-order valence-corrected chi connectivity index (χ2v) is 2.76. The first kappa shape index (κ1) is 12.5. The molecule has 0 N–H and O–H groups in total. The Bertz CT molecular complexity index is 165. The van der Waals surface area contributed by atoms with Gasteiger partial charge in [-0.25, -0.2) is 0 Å². The molecule has 0 aromatic carbocycles. The van der Waals surface area contributed by atoms with Crippen LogP contribution in [0.25, 0.3) is 0 Å². The minimum absolute atomic E-state index is 0.0394. The first-order valence-corrected chi connectivity index (χ1v) is 4.59. The number of halogens is 2. The van der Waals surface area contributed by atoms with Crippen molar-refractivity contribution in [1.29, 1.82) is 0 Å². The van der Waals surface area contributed by atoms with Crippen molar-refractivity contribution in [2.24, 2.45) is 0 Å². The lowest BCUT2D eigenvalue weighted by Crippen LogP contribution is -2.24. The molecular formula is C7H10Cl2O4. The summed E-state index contributed by atoms with van der Waals surface area (Å²) >= 11 is 10.6. The Labute approximate surface area is 86.1 Å². The van der Waals surface area contributed by atoms with Crippen molar-refractivity contribution in [3.05, 3.63) is 0 Å². The average Bonchev–Trinajstić information content (AvgIpc) is 2.16. The summed E-state index contributed by atoms with van der Waals surface area (Å²) in [5.41, 5.74) is 0. The quantitative estimate of drug-likeness (QED) is 0.520. The van der Waals surface area contributed by atoms with Crippen molar-refractivity contribution in [3.8, 4) is 0 Å². The molecule has 0 saturated carbocycles. The van der Waals surface area contributed by atoms with Crippen LogP contribution in [0.4, 0.5) is 0 Å². The van der Waals surface area contributed by atoms with Crippen LogP contribution < -0.4 is 0 Å². The zero-order valence-corrected chi connectivity index (χ0v) is 8.60. The monoisotopic (exact) mass is 228 g/mol. The third-order valence-corrected chi connectivity index (χ3v) is 1.76. The second kappa shape index (κ2) is 6.97. The smallest absolute Gasteiger partial charge is 0.321 e. The molecule has 0 aliphatic rings. The van der Waals surface area contributed by atoms with Crippen LogP contribution >= 0.6 is 23.2 Å². The summed E-state index contributed by atoms with van der Waals surface area (Å²) in [6.07, 6.45) is -0.719. The molecule has 0 aromatic rings. The minimum Gasteiger partial charge on any atom is -0.469 e. The summed E-state index contributed by atoms with van der Waals surface area (Å²) in [6, 6.07) is 0. The lowest BCUT2D eigenvalue weighted by Gasteiger charge is -2.12. The van der Waals surface area contributed by atoms with E-state index in [1.165, 1.54) is 7.11 Å².